The highest BCUT2D eigenvalue weighted by atomic mass is 16.4. The van der Waals surface area contributed by atoms with E-state index in [-0.39, 0.29) is 18.0 Å². The lowest BCUT2D eigenvalue weighted by Gasteiger charge is -2.41. The van der Waals surface area contributed by atoms with Crippen LogP contribution in [0.25, 0.3) is 0 Å². The minimum Gasteiger partial charge on any atom is -0.481 e. The fourth-order valence-corrected chi connectivity index (χ4v) is 2.47. The minimum atomic E-state index is -0.865. The van der Waals surface area contributed by atoms with Crippen molar-refractivity contribution in [1.82, 2.24) is 10.2 Å². The summed E-state index contributed by atoms with van der Waals surface area (Å²) in [5, 5.41) is 11.9. The topological polar surface area (TPSA) is 69.6 Å². The molecule has 5 heteroatoms. The van der Waals surface area contributed by atoms with Crippen molar-refractivity contribution in [2.45, 2.75) is 46.5 Å². The Morgan fingerprint density at radius 1 is 1.37 bits per heavy atom. The molecule has 0 bridgehead atoms. The molecule has 1 atom stereocenters. The predicted octanol–water partition coefficient (Wildman–Crippen LogP) is 2.32. The summed E-state index contributed by atoms with van der Waals surface area (Å²) in [7, 11) is 0. The molecule has 1 rings (SSSR count). The number of rotatable bonds is 7. The lowest BCUT2D eigenvalue weighted by molar-refractivity contribution is -0.141. The van der Waals surface area contributed by atoms with Crippen molar-refractivity contribution < 1.29 is 14.7 Å². The van der Waals surface area contributed by atoms with Gasteiger partial charge in [0, 0.05) is 19.6 Å². The Labute approximate surface area is 115 Å². The number of urea groups is 1. The maximum Gasteiger partial charge on any atom is 0.317 e. The molecule has 0 aromatic rings. The molecule has 110 valence electrons. The van der Waals surface area contributed by atoms with Gasteiger partial charge in [-0.3, -0.25) is 4.79 Å². The van der Waals surface area contributed by atoms with E-state index in [9.17, 15) is 9.59 Å². The fourth-order valence-electron chi connectivity index (χ4n) is 2.47. The summed E-state index contributed by atoms with van der Waals surface area (Å²) < 4.78 is 0. The Morgan fingerprint density at radius 3 is 2.37 bits per heavy atom. The van der Waals surface area contributed by atoms with Crippen LogP contribution < -0.4 is 5.32 Å². The first-order valence-electron chi connectivity index (χ1n) is 7.19. The Bertz CT molecular complexity index is 321. The van der Waals surface area contributed by atoms with Gasteiger partial charge in [0.2, 0.25) is 0 Å². The van der Waals surface area contributed by atoms with Crippen LogP contribution in [0.5, 0.6) is 0 Å². The minimum absolute atomic E-state index is 0.143. The quantitative estimate of drug-likeness (QED) is 0.746. The Kier molecular flexibility index (Phi) is 5.63. The average Bonchev–Trinajstić information content (AvgIpc) is 2.34. The van der Waals surface area contributed by atoms with Crippen LogP contribution in [0.3, 0.4) is 0 Å². The van der Waals surface area contributed by atoms with E-state index >= 15 is 0 Å². The summed E-state index contributed by atoms with van der Waals surface area (Å²) in [6, 6.07) is -0.143. The van der Waals surface area contributed by atoms with Gasteiger partial charge in [-0.15, -0.1) is 0 Å². The number of nitrogens with one attached hydrogen (secondary N) is 1. The molecule has 0 radical (unpaired) electrons. The van der Waals surface area contributed by atoms with Gasteiger partial charge in [-0.1, -0.05) is 20.3 Å². The van der Waals surface area contributed by atoms with Crippen LogP contribution in [0.4, 0.5) is 4.79 Å². The summed E-state index contributed by atoms with van der Waals surface area (Å²) in [6.45, 7) is 7.15. The predicted molar refractivity (Wildman–Crippen MR) is 74.0 cm³/mol. The van der Waals surface area contributed by atoms with Crippen LogP contribution in [-0.2, 0) is 4.79 Å². The van der Waals surface area contributed by atoms with Gasteiger partial charge in [0.1, 0.15) is 0 Å². The molecule has 0 aromatic heterocycles. The van der Waals surface area contributed by atoms with E-state index in [1.807, 2.05) is 6.92 Å². The first kappa shape index (κ1) is 15.8. The van der Waals surface area contributed by atoms with E-state index < -0.39 is 11.9 Å². The van der Waals surface area contributed by atoms with Gasteiger partial charge in [0.15, 0.2) is 0 Å². The number of carbonyl (C=O) groups excluding carboxylic acids is 1. The zero-order valence-electron chi connectivity index (χ0n) is 12.2. The monoisotopic (exact) mass is 270 g/mol. The largest absolute Gasteiger partial charge is 0.481 e. The molecule has 19 heavy (non-hydrogen) atoms. The molecule has 2 amide bonds. The number of nitrogens with zero attached hydrogens (tertiary/aromatic N) is 1. The summed E-state index contributed by atoms with van der Waals surface area (Å²) in [5.41, 5.74) is 0.285. The molecule has 0 aromatic carbocycles. The number of amides is 2. The van der Waals surface area contributed by atoms with Gasteiger partial charge in [-0.2, -0.15) is 0 Å². The zero-order valence-corrected chi connectivity index (χ0v) is 12.2. The highest BCUT2D eigenvalue weighted by Gasteiger charge is 2.35. The standard InChI is InChI=1S/C14H26N2O3/c1-4-14(7-6-8-14)10-15-13(19)16(5-2)9-11(3)12(17)18/h11H,4-10H2,1-3H3,(H,15,19)(H,17,18). The van der Waals surface area contributed by atoms with Crippen LogP contribution in [0, 0.1) is 11.3 Å². The second kappa shape index (κ2) is 6.78. The average molecular weight is 270 g/mol. The maximum atomic E-state index is 12.1. The van der Waals surface area contributed by atoms with Crippen molar-refractivity contribution in [3.05, 3.63) is 0 Å². The van der Waals surface area contributed by atoms with Crippen molar-refractivity contribution in [2.75, 3.05) is 19.6 Å². The maximum absolute atomic E-state index is 12.1. The van der Waals surface area contributed by atoms with E-state index in [0.717, 1.165) is 6.42 Å². The van der Waals surface area contributed by atoms with Crippen molar-refractivity contribution in [2.24, 2.45) is 11.3 Å². The number of carboxylic acid groups (broad SMARTS) is 1. The highest BCUT2D eigenvalue weighted by molar-refractivity contribution is 5.76. The van der Waals surface area contributed by atoms with Gasteiger partial charge in [-0.25, -0.2) is 4.79 Å². The number of aliphatic carboxylic acids is 1. The van der Waals surface area contributed by atoms with Crippen LogP contribution >= 0.6 is 0 Å². The third-order valence-corrected chi connectivity index (χ3v) is 4.36. The van der Waals surface area contributed by atoms with E-state index in [1.54, 1.807) is 11.8 Å². The molecule has 1 aliphatic carbocycles. The van der Waals surface area contributed by atoms with Crippen LogP contribution in [-0.4, -0.2) is 41.6 Å². The Hall–Kier alpha value is -1.26. The summed E-state index contributed by atoms with van der Waals surface area (Å²) in [5.74, 6) is -1.40. The first-order chi connectivity index (χ1) is 8.94. The van der Waals surface area contributed by atoms with Gasteiger partial charge in [0.25, 0.3) is 0 Å². The molecule has 0 saturated heterocycles. The van der Waals surface area contributed by atoms with Crippen LogP contribution in [0.1, 0.15) is 46.5 Å². The molecule has 5 nitrogen and oxygen atoms in total. The lowest BCUT2D eigenvalue weighted by Crippen LogP contribution is -2.48. The number of carboxylic acids is 1. The molecule has 0 spiro atoms. The third-order valence-electron chi connectivity index (χ3n) is 4.36. The molecule has 0 aliphatic heterocycles. The smallest absolute Gasteiger partial charge is 0.317 e. The van der Waals surface area contributed by atoms with E-state index in [1.165, 1.54) is 19.3 Å². The third kappa shape index (κ3) is 4.11. The second-order valence-electron chi connectivity index (χ2n) is 5.64. The molecular weight excluding hydrogens is 244 g/mol. The SMILES string of the molecule is CCN(CC(C)C(=O)O)C(=O)NCC1(CC)CCC1. The van der Waals surface area contributed by atoms with Crippen molar-refractivity contribution in [3.8, 4) is 0 Å². The lowest BCUT2D eigenvalue weighted by atomic mass is 9.67. The van der Waals surface area contributed by atoms with Gasteiger partial charge < -0.3 is 15.3 Å². The van der Waals surface area contributed by atoms with Gasteiger partial charge in [0.05, 0.1) is 5.92 Å². The summed E-state index contributed by atoms with van der Waals surface area (Å²) >= 11 is 0. The molecule has 2 N–H and O–H groups in total. The number of hydrogen-bond donors (Lipinski definition) is 2. The number of carbonyl (C=O) groups is 2. The zero-order chi connectivity index (χ0) is 14.5. The van der Waals surface area contributed by atoms with E-state index in [2.05, 4.69) is 12.2 Å². The van der Waals surface area contributed by atoms with E-state index in [0.29, 0.717) is 13.1 Å². The van der Waals surface area contributed by atoms with E-state index in [4.69, 9.17) is 5.11 Å². The molecule has 1 saturated carbocycles. The highest BCUT2D eigenvalue weighted by Crippen LogP contribution is 2.43. The first-order valence-corrected chi connectivity index (χ1v) is 7.19. The summed E-state index contributed by atoms with van der Waals surface area (Å²) in [6.07, 6.45) is 4.70. The Morgan fingerprint density at radius 2 is 2.00 bits per heavy atom. The summed E-state index contributed by atoms with van der Waals surface area (Å²) in [4.78, 5) is 24.5. The Balaban J connectivity index is 2.43. The van der Waals surface area contributed by atoms with Crippen molar-refractivity contribution >= 4 is 12.0 Å². The molecular formula is C14H26N2O3. The molecule has 1 unspecified atom stereocenters. The van der Waals surface area contributed by atoms with Gasteiger partial charge in [-0.05, 0) is 31.6 Å². The van der Waals surface area contributed by atoms with Crippen molar-refractivity contribution in [3.63, 3.8) is 0 Å². The van der Waals surface area contributed by atoms with Gasteiger partial charge >= 0.3 is 12.0 Å². The van der Waals surface area contributed by atoms with Crippen molar-refractivity contribution in [1.29, 1.82) is 0 Å². The molecule has 1 aliphatic rings. The normalized spacial score (nSPS) is 18.3. The fraction of sp³-hybridized carbons (Fsp3) is 0.857. The second-order valence-corrected chi connectivity index (χ2v) is 5.64. The van der Waals surface area contributed by atoms with Crippen LogP contribution in [0.15, 0.2) is 0 Å². The molecule has 0 heterocycles. The number of hydrogen-bond acceptors (Lipinski definition) is 2. The molecule has 1 fully saturated rings. The van der Waals surface area contributed by atoms with Crippen LogP contribution in [0.2, 0.25) is 0 Å².